The van der Waals surface area contributed by atoms with Crippen molar-refractivity contribution in [1.82, 2.24) is 4.98 Å². The Hall–Kier alpha value is -3.08. The van der Waals surface area contributed by atoms with E-state index in [4.69, 9.17) is 0 Å². The molecule has 1 aromatic heterocycles. The fraction of sp³-hybridized carbons (Fsp3) is 0.0588. The molecule has 0 N–H and O–H groups in total. The van der Waals surface area contributed by atoms with Gasteiger partial charge in [-0.3, -0.25) is 14.9 Å². The molecule has 0 bridgehead atoms. The predicted octanol–water partition coefficient (Wildman–Crippen LogP) is 3.66. The minimum absolute atomic E-state index is 0.0375. The lowest BCUT2D eigenvalue weighted by Crippen LogP contribution is -1.98. The van der Waals surface area contributed by atoms with Gasteiger partial charge in [-0.05, 0) is 25.1 Å². The fourth-order valence-corrected chi connectivity index (χ4v) is 2.92. The van der Waals surface area contributed by atoms with E-state index in [2.05, 4.69) is 4.98 Å². The molecule has 0 saturated heterocycles. The molecule has 1 aliphatic rings. The average molecular weight is 290 g/mol. The van der Waals surface area contributed by atoms with Gasteiger partial charge in [0, 0.05) is 33.7 Å². The molecule has 2 aromatic carbocycles. The Morgan fingerprint density at radius 1 is 1.05 bits per heavy atom. The molecule has 0 radical (unpaired) electrons. The second-order valence-corrected chi connectivity index (χ2v) is 5.35. The summed E-state index contributed by atoms with van der Waals surface area (Å²) in [5.41, 5.74) is 3.44. The minimum Gasteiger partial charge on any atom is -0.288 e. The van der Waals surface area contributed by atoms with Crippen molar-refractivity contribution in [3.63, 3.8) is 0 Å². The van der Waals surface area contributed by atoms with Gasteiger partial charge in [-0.15, -0.1) is 0 Å². The molecular weight excluding hydrogens is 280 g/mol. The number of carbonyl (C=O) groups is 1. The number of ketones is 1. The number of pyridine rings is 1. The van der Waals surface area contributed by atoms with E-state index in [1.807, 2.05) is 24.3 Å². The Bertz CT molecular complexity index is 993. The van der Waals surface area contributed by atoms with Crippen molar-refractivity contribution in [1.29, 1.82) is 0 Å². The van der Waals surface area contributed by atoms with Crippen molar-refractivity contribution in [2.75, 3.05) is 0 Å². The van der Waals surface area contributed by atoms with Gasteiger partial charge in [-0.1, -0.05) is 18.2 Å². The van der Waals surface area contributed by atoms with E-state index in [0.717, 1.165) is 10.9 Å². The zero-order chi connectivity index (χ0) is 15.4. The van der Waals surface area contributed by atoms with Gasteiger partial charge in [0.05, 0.1) is 16.1 Å². The molecule has 0 fully saturated rings. The highest BCUT2D eigenvalue weighted by Gasteiger charge is 2.31. The van der Waals surface area contributed by atoms with Crippen LogP contribution in [-0.2, 0) is 0 Å². The first-order valence-electron chi connectivity index (χ1n) is 6.80. The van der Waals surface area contributed by atoms with Gasteiger partial charge in [0.2, 0.25) is 0 Å². The van der Waals surface area contributed by atoms with E-state index < -0.39 is 4.92 Å². The van der Waals surface area contributed by atoms with Crippen LogP contribution in [0, 0.1) is 17.0 Å². The largest absolute Gasteiger partial charge is 0.288 e. The fourth-order valence-electron chi connectivity index (χ4n) is 2.92. The zero-order valence-electron chi connectivity index (χ0n) is 11.7. The van der Waals surface area contributed by atoms with Crippen molar-refractivity contribution in [2.45, 2.75) is 6.92 Å². The van der Waals surface area contributed by atoms with E-state index in [0.29, 0.717) is 27.9 Å². The van der Waals surface area contributed by atoms with Gasteiger partial charge in [-0.2, -0.15) is 0 Å². The van der Waals surface area contributed by atoms with Crippen molar-refractivity contribution in [3.8, 4) is 11.3 Å². The summed E-state index contributed by atoms with van der Waals surface area (Å²) in [5.74, 6) is -0.202. The summed E-state index contributed by atoms with van der Waals surface area (Å²) < 4.78 is 0. The van der Waals surface area contributed by atoms with E-state index in [1.165, 1.54) is 6.07 Å². The number of benzene rings is 2. The first-order valence-corrected chi connectivity index (χ1v) is 6.80. The van der Waals surface area contributed by atoms with Crippen molar-refractivity contribution in [3.05, 3.63) is 69.3 Å². The van der Waals surface area contributed by atoms with Gasteiger partial charge < -0.3 is 0 Å². The molecule has 106 valence electrons. The highest BCUT2D eigenvalue weighted by Crippen LogP contribution is 2.39. The summed E-state index contributed by atoms with van der Waals surface area (Å²) in [7, 11) is 0. The second kappa shape index (κ2) is 4.21. The zero-order valence-corrected chi connectivity index (χ0v) is 11.7. The molecule has 1 aliphatic carbocycles. The topological polar surface area (TPSA) is 73.1 Å². The number of para-hydroxylation sites is 1. The van der Waals surface area contributed by atoms with Gasteiger partial charge in [0.15, 0.2) is 5.78 Å². The molecule has 0 spiro atoms. The normalized spacial score (nSPS) is 12.3. The third kappa shape index (κ3) is 1.59. The molecule has 0 amide bonds. The monoisotopic (exact) mass is 290 g/mol. The Kier molecular flexibility index (Phi) is 2.42. The lowest BCUT2D eigenvalue weighted by Gasteiger charge is -2.03. The van der Waals surface area contributed by atoms with Crippen LogP contribution in [0.2, 0.25) is 0 Å². The predicted molar refractivity (Wildman–Crippen MR) is 82.0 cm³/mol. The molecule has 1 heterocycles. The number of nitro benzene ring substituents is 1. The number of aryl methyl sites for hydroxylation is 1. The van der Waals surface area contributed by atoms with Crippen molar-refractivity contribution in [2.24, 2.45) is 0 Å². The average Bonchev–Trinajstić information content (AvgIpc) is 2.76. The molecule has 3 aromatic rings. The van der Waals surface area contributed by atoms with Crippen LogP contribution in [0.15, 0.2) is 42.5 Å². The van der Waals surface area contributed by atoms with Gasteiger partial charge in [0.1, 0.15) is 0 Å². The molecule has 0 saturated carbocycles. The quantitative estimate of drug-likeness (QED) is 0.396. The van der Waals surface area contributed by atoms with Crippen LogP contribution in [-0.4, -0.2) is 15.7 Å². The minimum atomic E-state index is -0.462. The molecular formula is C17H10N2O3. The van der Waals surface area contributed by atoms with Crippen LogP contribution >= 0.6 is 0 Å². The molecule has 5 heteroatoms. The van der Waals surface area contributed by atoms with Crippen LogP contribution in [0.25, 0.3) is 22.2 Å². The number of fused-ring (bicyclic) bond motifs is 4. The molecule has 0 atom stereocenters. The summed E-state index contributed by atoms with van der Waals surface area (Å²) >= 11 is 0. The maximum Gasteiger partial charge on any atom is 0.273 e. The summed E-state index contributed by atoms with van der Waals surface area (Å²) in [4.78, 5) is 27.7. The van der Waals surface area contributed by atoms with E-state index in [9.17, 15) is 14.9 Å². The number of hydrogen-bond donors (Lipinski definition) is 0. The Morgan fingerprint density at radius 3 is 2.59 bits per heavy atom. The Labute approximate surface area is 125 Å². The van der Waals surface area contributed by atoms with Crippen LogP contribution in [0.1, 0.15) is 21.5 Å². The molecule has 22 heavy (non-hydrogen) atoms. The Morgan fingerprint density at radius 2 is 1.82 bits per heavy atom. The summed E-state index contributed by atoms with van der Waals surface area (Å²) in [6, 6.07) is 12.4. The number of nitro groups is 1. The van der Waals surface area contributed by atoms with Gasteiger partial charge in [0.25, 0.3) is 5.69 Å². The molecule has 0 aliphatic heterocycles. The lowest BCUT2D eigenvalue weighted by molar-refractivity contribution is -0.385. The van der Waals surface area contributed by atoms with Crippen LogP contribution in [0.5, 0.6) is 0 Å². The highest BCUT2D eigenvalue weighted by atomic mass is 16.6. The number of rotatable bonds is 1. The van der Waals surface area contributed by atoms with Crippen LogP contribution in [0.4, 0.5) is 5.69 Å². The van der Waals surface area contributed by atoms with Gasteiger partial charge in [-0.25, -0.2) is 4.98 Å². The number of hydrogen-bond acceptors (Lipinski definition) is 4. The molecule has 5 nitrogen and oxygen atoms in total. The molecule has 4 rings (SSSR count). The summed E-state index contributed by atoms with van der Waals surface area (Å²) in [5, 5.41) is 12.0. The highest BCUT2D eigenvalue weighted by molar-refractivity contribution is 6.22. The number of aromatic nitrogens is 1. The third-order valence-corrected chi connectivity index (χ3v) is 4.00. The first-order chi connectivity index (χ1) is 10.6. The molecule has 0 unspecified atom stereocenters. The first kappa shape index (κ1) is 12.6. The summed E-state index contributed by atoms with van der Waals surface area (Å²) in [6.45, 7) is 1.67. The van der Waals surface area contributed by atoms with Gasteiger partial charge >= 0.3 is 0 Å². The smallest absolute Gasteiger partial charge is 0.273 e. The van der Waals surface area contributed by atoms with Crippen LogP contribution in [0.3, 0.4) is 0 Å². The van der Waals surface area contributed by atoms with E-state index >= 15 is 0 Å². The summed E-state index contributed by atoms with van der Waals surface area (Å²) in [6.07, 6.45) is 0. The van der Waals surface area contributed by atoms with Crippen molar-refractivity contribution < 1.29 is 9.72 Å². The maximum absolute atomic E-state index is 12.6. The Balaban J connectivity index is 2.05. The number of nitrogens with zero attached hydrogens (tertiary/aromatic N) is 2. The van der Waals surface area contributed by atoms with E-state index in [-0.39, 0.29) is 11.5 Å². The lowest BCUT2D eigenvalue weighted by atomic mass is 10.0. The maximum atomic E-state index is 12.6. The third-order valence-electron chi connectivity index (χ3n) is 4.00. The second-order valence-electron chi connectivity index (χ2n) is 5.35. The number of carbonyl (C=O) groups excluding carboxylic acids is 1. The van der Waals surface area contributed by atoms with Crippen molar-refractivity contribution >= 4 is 22.4 Å². The van der Waals surface area contributed by atoms with E-state index in [1.54, 1.807) is 19.1 Å². The van der Waals surface area contributed by atoms with Crippen LogP contribution < -0.4 is 0 Å². The SMILES string of the molecule is Cc1cc2c(cc1[N+](=O)[O-])C(=O)c1cc3ccccc3nc1-2. The standard InChI is InChI=1S/C17H10N2O3/c1-9-6-11-12(8-15(9)19(21)22)17(20)13-7-10-4-2-3-5-14(10)18-16(11)13/h2-8H,1H3.